The van der Waals surface area contributed by atoms with Gasteiger partial charge in [0.05, 0.1) is 7.11 Å². The van der Waals surface area contributed by atoms with Crippen LogP contribution < -0.4 is 16.0 Å². The van der Waals surface area contributed by atoms with Crippen LogP contribution in [0.2, 0.25) is 0 Å². The summed E-state index contributed by atoms with van der Waals surface area (Å²) in [6.45, 7) is 4.64. The van der Waals surface area contributed by atoms with Crippen LogP contribution in [0.4, 0.5) is 0 Å². The van der Waals surface area contributed by atoms with E-state index in [1.54, 1.807) is 0 Å². The third-order valence-corrected chi connectivity index (χ3v) is 6.70. The molecule has 8 heteroatoms. The number of ether oxygens (including phenoxy) is 1. The second-order valence-electron chi connectivity index (χ2n) is 9.84. The van der Waals surface area contributed by atoms with E-state index in [9.17, 15) is 19.2 Å². The normalized spacial score (nSPS) is 23.4. The fourth-order valence-corrected chi connectivity index (χ4v) is 4.68. The molecule has 3 N–H and O–H groups in total. The smallest absolute Gasteiger partial charge is 0.328 e. The Kier molecular flexibility index (Phi) is 9.07. The van der Waals surface area contributed by atoms with E-state index in [4.69, 9.17) is 4.74 Å². The molecule has 34 heavy (non-hydrogen) atoms. The minimum Gasteiger partial charge on any atom is -0.467 e. The molecule has 1 aliphatic carbocycles. The van der Waals surface area contributed by atoms with E-state index in [0.717, 1.165) is 24.8 Å². The van der Waals surface area contributed by atoms with Crippen LogP contribution in [0.1, 0.15) is 63.9 Å². The molecule has 1 aromatic rings. The SMILES string of the molecule is COC(=O)[C@H](CC[C@@H]1CCCNC1=O)NC(=O)[C@H](CC(C)C)NC(=O)[C@@H]1C[C@H]1c1ccccc1. The van der Waals surface area contributed by atoms with Gasteiger partial charge in [0.2, 0.25) is 17.7 Å². The lowest BCUT2D eigenvalue weighted by molar-refractivity contribution is -0.146. The number of hydrogen-bond donors (Lipinski definition) is 3. The molecule has 5 atom stereocenters. The highest BCUT2D eigenvalue weighted by atomic mass is 16.5. The Labute approximate surface area is 201 Å². The van der Waals surface area contributed by atoms with Crippen LogP contribution in [0.25, 0.3) is 0 Å². The predicted molar refractivity (Wildman–Crippen MR) is 128 cm³/mol. The molecule has 1 saturated heterocycles. The number of piperidine rings is 1. The lowest BCUT2D eigenvalue weighted by Gasteiger charge is -2.26. The fourth-order valence-electron chi connectivity index (χ4n) is 4.68. The minimum atomic E-state index is -0.864. The molecule has 8 nitrogen and oxygen atoms in total. The van der Waals surface area contributed by atoms with E-state index in [0.29, 0.717) is 25.8 Å². The molecule has 0 bridgehead atoms. The Bertz CT molecular complexity index is 872. The van der Waals surface area contributed by atoms with Crippen molar-refractivity contribution in [2.75, 3.05) is 13.7 Å². The summed E-state index contributed by atoms with van der Waals surface area (Å²) in [7, 11) is 1.28. The average Bonchev–Trinajstić information content (AvgIpc) is 3.63. The monoisotopic (exact) mass is 471 g/mol. The molecule has 186 valence electrons. The first-order valence-electron chi connectivity index (χ1n) is 12.3. The van der Waals surface area contributed by atoms with Crippen molar-refractivity contribution in [3.63, 3.8) is 0 Å². The summed E-state index contributed by atoms with van der Waals surface area (Å²) in [5, 5.41) is 8.54. The van der Waals surface area contributed by atoms with Gasteiger partial charge in [-0.3, -0.25) is 14.4 Å². The maximum absolute atomic E-state index is 13.1. The second kappa shape index (κ2) is 12.0. The summed E-state index contributed by atoms with van der Waals surface area (Å²) in [6, 6.07) is 8.30. The van der Waals surface area contributed by atoms with Crippen LogP contribution >= 0.6 is 0 Å². The number of esters is 1. The number of amides is 3. The zero-order valence-corrected chi connectivity index (χ0v) is 20.3. The number of carbonyl (C=O) groups excluding carboxylic acids is 4. The van der Waals surface area contributed by atoms with Gasteiger partial charge in [-0.2, -0.15) is 0 Å². The summed E-state index contributed by atoms with van der Waals surface area (Å²) < 4.78 is 4.89. The Balaban J connectivity index is 1.60. The lowest BCUT2D eigenvalue weighted by Crippen LogP contribution is -2.52. The first-order valence-corrected chi connectivity index (χ1v) is 12.3. The molecule has 3 rings (SSSR count). The van der Waals surface area contributed by atoms with Crippen LogP contribution in [-0.2, 0) is 23.9 Å². The largest absolute Gasteiger partial charge is 0.467 e. The van der Waals surface area contributed by atoms with Crippen molar-refractivity contribution in [3.8, 4) is 0 Å². The quantitative estimate of drug-likeness (QED) is 0.429. The van der Waals surface area contributed by atoms with Gasteiger partial charge in [0, 0.05) is 18.4 Å². The summed E-state index contributed by atoms with van der Waals surface area (Å²) in [6.07, 6.45) is 3.67. The van der Waals surface area contributed by atoms with Gasteiger partial charge in [0.15, 0.2) is 0 Å². The van der Waals surface area contributed by atoms with Gasteiger partial charge >= 0.3 is 5.97 Å². The van der Waals surface area contributed by atoms with E-state index in [-0.39, 0.29) is 35.5 Å². The van der Waals surface area contributed by atoms with Crippen LogP contribution in [0, 0.1) is 17.8 Å². The molecule has 0 aromatic heterocycles. The summed E-state index contributed by atoms with van der Waals surface area (Å²) in [5.41, 5.74) is 1.13. The number of benzene rings is 1. The Morgan fingerprint density at radius 3 is 2.50 bits per heavy atom. The number of rotatable bonds is 11. The first kappa shape index (κ1) is 25.7. The Morgan fingerprint density at radius 2 is 1.85 bits per heavy atom. The molecule has 0 radical (unpaired) electrons. The molecule has 1 heterocycles. The van der Waals surface area contributed by atoms with Crippen LogP contribution in [0.15, 0.2) is 30.3 Å². The van der Waals surface area contributed by atoms with Crippen LogP contribution in [0.3, 0.4) is 0 Å². The Hall–Kier alpha value is -2.90. The molecule has 0 unspecified atom stereocenters. The van der Waals surface area contributed by atoms with Crippen molar-refractivity contribution in [1.29, 1.82) is 0 Å². The number of carbonyl (C=O) groups is 4. The number of hydrogen-bond acceptors (Lipinski definition) is 5. The van der Waals surface area contributed by atoms with E-state index in [1.807, 2.05) is 44.2 Å². The molecule has 0 spiro atoms. The molecule has 1 saturated carbocycles. The number of methoxy groups -OCH3 is 1. The molecular weight excluding hydrogens is 434 g/mol. The standard InChI is InChI=1S/C26H37N3O5/c1-16(2)14-22(29-24(31)20-15-19(20)17-8-5-4-6-9-17)25(32)28-21(26(33)34-3)12-11-18-10-7-13-27-23(18)30/h4-6,8-9,16,18-22H,7,10-15H2,1-3H3,(H,27,30)(H,28,32)(H,29,31)/t18-,19-,20+,21-,22-/m0/s1. The van der Waals surface area contributed by atoms with E-state index in [2.05, 4.69) is 16.0 Å². The highest BCUT2D eigenvalue weighted by Gasteiger charge is 2.45. The number of nitrogens with one attached hydrogen (secondary N) is 3. The molecular formula is C26H37N3O5. The highest BCUT2D eigenvalue weighted by Crippen LogP contribution is 2.47. The van der Waals surface area contributed by atoms with Crippen molar-refractivity contribution in [1.82, 2.24) is 16.0 Å². The van der Waals surface area contributed by atoms with Crippen molar-refractivity contribution >= 4 is 23.7 Å². The minimum absolute atomic E-state index is 0.0106. The third kappa shape index (κ3) is 7.05. The zero-order valence-electron chi connectivity index (χ0n) is 20.3. The van der Waals surface area contributed by atoms with Gasteiger partial charge in [-0.05, 0) is 55.9 Å². The zero-order chi connectivity index (χ0) is 24.7. The first-order chi connectivity index (χ1) is 16.3. The second-order valence-corrected chi connectivity index (χ2v) is 9.84. The third-order valence-electron chi connectivity index (χ3n) is 6.70. The molecule has 3 amide bonds. The van der Waals surface area contributed by atoms with E-state index < -0.39 is 24.0 Å². The van der Waals surface area contributed by atoms with Crippen molar-refractivity contribution in [2.24, 2.45) is 17.8 Å². The van der Waals surface area contributed by atoms with Crippen molar-refractivity contribution < 1.29 is 23.9 Å². The van der Waals surface area contributed by atoms with Gasteiger partial charge in [-0.15, -0.1) is 0 Å². The molecule has 1 aliphatic heterocycles. The lowest BCUT2D eigenvalue weighted by atomic mass is 9.92. The van der Waals surface area contributed by atoms with Crippen molar-refractivity contribution in [3.05, 3.63) is 35.9 Å². The van der Waals surface area contributed by atoms with E-state index in [1.165, 1.54) is 7.11 Å². The van der Waals surface area contributed by atoms with Gasteiger partial charge in [-0.25, -0.2) is 4.79 Å². The van der Waals surface area contributed by atoms with Crippen molar-refractivity contribution in [2.45, 2.75) is 70.4 Å². The Morgan fingerprint density at radius 1 is 1.12 bits per heavy atom. The highest BCUT2D eigenvalue weighted by molar-refractivity contribution is 5.92. The van der Waals surface area contributed by atoms with Crippen LogP contribution in [0.5, 0.6) is 0 Å². The fraction of sp³-hybridized carbons (Fsp3) is 0.615. The maximum Gasteiger partial charge on any atom is 0.328 e. The topological polar surface area (TPSA) is 114 Å². The van der Waals surface area contributed by atoms with Gasteiger partial charge in [-0.1, -0.05) is 44.2 Å². The van der Waals surface area contributed by atoms with Crippen LogP contribution in [-0.4, -0.2) is 49.4 Å². The maximum atomic E-state index is 13.1. The molecule has 1 aromatic carbocycles. The molecule has 2 aliphatic rings. The van der Waals surface area contributed by atoms with Gasteiger partial charge in [0.1, 0.15) is 12.1 Å². The van der Waals surface area contributed by atoms with E-state index >= 15 is 0 Å². The molecule has 2 fully saturated rings. The summed E-state index contributed by atoms with van der Waals surface area (Å²) in [4.78, 5) is 50.5. The van der Waals surface area contributed by atoms with Gasteiger partial charge < -0.3 is 20.7 Å². The summed E-state index contributed by atoms with van der Waals surface area (Å²) >= 11 is 0. The predicted octanol–water partition coefficient (Wildman–Crippen LogP) is 2.29. The van der Waals surface area contributed by atoms with Gasteiger partial charge in [0.25, 0.3) is 0 Å². The average molecular weight is 472 g/mol. The summed E-state index contributed by atoms with van der Waals surface area (Å²) in [5.74, 6) is -1.07.